The molecule has 0 aliphatic heterocycles. The van der Waals surface area contributed by atoms with Crippen molar-refractivity contribution in [1.82, 2.24) is 0 Å². The van der Waals surface area contributed by atoms with Crippen LogP contribution in [0.25, 0.3) is 6.08 Å². The number of primary amides is 1. The lowest BCUT2D eigenvalue weighted by Gasteiger charge is -2.11. The molecule has 0 spiro atoms. The van der Waals surface area contributed by atoms with Gasteiger partial charge >= 0.3 is 0 Å². The van der Waals surface area contributed by atoms with Crippen LogP contribution in [0.1, 0.15) is 38.5 Å². The predicted molar refractivity (Wildman–Crippen MR) is 104 cm³/mol. The maximum absolute atomic E-state index is 12.5. The van der Waals surface area contributed by atoms with Gasteiger partial charge in [0.15, 0.2) is 0 Å². The number of nitriles is 1. The zero-order chi connectivity index (χ0) is 18.0. The monoisotopic (exact) mass is 435 g/mol. The first kappa shape index (κ1) is 17.9. The van der Waals surface area contributed by atoms with Gasteiger partial charge in [-0.15, -0.1) is 22.7 Å². The lowest BCUT2D eigenvalue weighted by molar-refractivity contribution is -0.112. The summed E-state index contributed by atoms with van der Waals surface area (Å²) in [5, 5.41) is 14.3. The molecular formula is C17H14BrN3O2S2. The summed E-state index contributed by atoms with van der Waals surface area (Å²) in [7, 11) is 0. The maximum Gasteiger partial charge on any atom is 0.266 e. The molecule has 128 valence electrons. The predicted octanol–water partition coefficient (Wildman–Crippen LogP) is 4.10. The fourth-order valence-electron chi connectivity index (χ4n) is 2.78. The van der Waals surface area contributed by atoms with Crippen molar-refractivity contribution in [3.63, 3.8) is 0 Å². The number of amides is 2. The van der Waals surface area contributed by atoms with Crippen LogP contribution >= 0.6 is 38.6 Å². The summed E-state index contributed by atoms with van der Waals surface area (Å²) < 4.78 is 0.892. The summed E-state index contributed by atoms with van der Waals surface area (Å²) in [6, 6.07) is 3.75. The number of carbonyl (C=O) groups excluding carboxylic acids is 2. The van der Waals surface area contributed by atoms with Gasteiger partial charge in [0, 0.05) is 19.6 Å². The van der Waals surface area contributed by atoms with Crippen LogP contribution in [-0.4, -0.2) is 11.8 Å². The molecule has 5 nitrogen and oxygen atoms in total. The standard InChI is InChI=1S/C17H14BrN3O2S2/c18-10-6-11(24-8-10)5-9(7-19)16(23)21-17-14(15(20)22)12-3-1-2-4-13(12)25-17/h5-6,8H,1-4H2,(H2,20,22)(H,21,23)/b9-5+. The normalized spacial score (nSPS) is 13.8. The Hall–Kier alpha value is -1.95. The summed E-state index contributed by atoms with van der Waals surface area (Å²) in [5.41, 5.74) is 6.85. The van der Waals surface area contributed by atoms with E-state index in [0.29, 0.717) is 10.6 Å². The fraction of sp³-hybridized carbons (Fsp3) is 0.235. The van der Waals surface area contributed by atoms with Gasteiger partial charge in [0.05, 0.1) is 5.56 Å². The van der Waals surface area contributed by atoms with E-state index in [1.54, 1.807) is 0 Å². The number of carbonyl (C=O) groups is 2. The van der Waals surface area contributed by atoms with Gasteiger partial charge in [0.25, 0.3) is 11.8 Å². The lowest BCUT2D eigenvalue weighted by atomic mass is 9.95. The molecule has 0 saturated carbocycles. The van der Waals surface area contributed by atoms with Crippen molar-refractivity contribution in [2.24, 2.45) is 5.73 Å². The van der Waals surface area contributed by atoms with Gasteiger partial charge in [-0.3, -0.25) is 9.59 Å². The minimum absolute atomic E-state index is 0.0175. The van der Waals surface area contributed by atoms with Crippen molar-refractivity contribution in [3.8, 4) is 6.07 Å². The molecule has 2 aromatic heterocycles. The third-order valence-corrected chi connectivity index (χ3v) is 6.73. The van der Waals surface area contributed by atoms with Crippen LogP contribution in [0.15, 0.2) is 21.5 Å². The number of anilines is 1. The van der Waals surface area contributed by atoms with Crippen molar-refractivity contribution < 1.29 is 9.59 Å². The zero-order valence-electron chi connectivity index (χ0n) is 13.1. The Morgan fingerprint density at radius 2 is 2.12 bits per heavy atom. The Bertz CT molecular complexity index is 921. The molecule has 1 aliphatic rings. The number of nitrogens with zero attached hydrogens (tertiary/aromatic N) is 1. The number of rotatable bonds is 4. The summed E-state index contributed by atoms with van der Waals surface area (Å²) in [5.74, 6) is -1.08. The van der Waals surface area contributed by atoms with Gasteiger partial charge < -0.3 is 11.1 Å². The molecule has 0 fully saturated rings. The van der Waals surface area contributed by atoms with Crippen LogP contribution in [-0.2, 0) is 17.6 Å². The van der Waals surface area contributed by atoms with Crippen LogP contribution in [0.2, 0.25) is 0 Å². The van der Waals surface area contributed by atoms with Crippen molar-refractivity contribution in [1.29, 1.82) is 5.26 Å². The maximum atomic E-state index is 12.5. The molecule has 0 saturated heterocycles. The number of aryl methyl sites for hydroxylation is 1. The molecule has 2 aromatic rings. The quantitative estimate of drug-likeness (QED) is 0.558. The fourth-order valence-corrected chi connectivity index (χ4v) is 5.45. The first-order valence-electron chi connectivity index (χ1n) is 7.61. The highest BCUT2D eigenvalue weighted by Gasteiger charge is 2.25. The average Bonchev–Trinajstić information content (AvgIpc) is 3.15. The number of halogens is 1. The highest BCUT2D eigenvalue weighted by Crippen LogP contribution is 2.38. The number of nitrogens with two attached hydrogens (primary N) is 1. The Kier molecular flexibility index (Phi) is 5.37. The topological polar surface area (TPSA) is 96.0 Å². The highest BCUT2D eigenvalue weighted by atomic mass is 79.9. The van der Waals surface area contributed by atoms with E-state index in [4.69, 9.17) is 5.73 Å². The molecule has 1 aliphatic carbocycles. The molecule has 25 heavy (non-hydrogen) atoms. The SMILES string of the molecule is N#C/C(=C\c1cc(Br)cs1)C(=O)Nc1sc2c(c1C(N)=O)CCCC2. The Morgan fingerprint density at radius 3 is 2.76 bits per heavy atom. The molecule has 8 heteroatoms. The molecule has 0 bridgehead atoms. The molecule has 2 amide bonds. The molecule has 3 N–H and O–H groups in total. The van der Waals surface area contributed by atoms with Gasteiger partial charge in [-0.2, -0.15) is 5.26 Å². The molecule has 0 atom stereocenters. The highest BCUT2D eigenvalue weighted by molar-refractivity contribution is 9.10. The molecule has 0 aromatic carbocycles. The third-order valence-electron chi connectivity index (χ3n) is 3.88. The van der Waals surface area contributed by atoms with E-state index in [-0.39, 0.29) is 5.57 Å². The van der Waals surface area contributed by atoms with E-state index < -0.39 is 11.8 Å². The minimum Gasteiger partial charge on any atom is -0.365 e. The second kappa shape index (κ2) is 7.52. The van der Waals surface area contributed by atoms with Gasteiger partial charge in [-0.25, -0.2) is 0 Å². The molecule has 0 radical (unpaired) electrons. The van der Waals surface area contributed by atoms with Crippen molar-refractivity contribution >= 4 is 61.5 Å². The third kappa shape index (κ3) is 3.84. The second-order valence-electron chi connectivity index (χ2n) is 5.57. The van der Waals surface area contributed by atoms with Crippen LogP contribution in [0.4, 0.5) is 5.00 Å². The van der Waals surface area contributed by atoms with E-state index in [1.165, 1.54) is 28.7 Å². The smallest absolute Gasteiger partial charge is 0.266 e. The van der Waals surface area contributed by atoms with Gasteiger partial charge in [0.1, 0.15) is 16.6 Å². The summed E-state index contributed by atoms with van der Waals surface area (Å²) in [6.45, 7) is 0. The first-order valence-corrected chi connectivity index (χ1v) is 10.1. The van der Waals surface area contributed by atoms with E-state index in [1.807, 2.05) is 17.5 Å². The summed E-state index contributed by atoms with van der Waals surface area (Å²) >= 11 is 6.14. The van der Waals surface area contributed by atoms with Crippen LogP contribution < -0.4 is 11.1 Å². The number of hydrogen-bond donors (Lipinski definition) is 2. The van der Waals surface area contributed by atoms with Crippen molar-refractivity contribution in [2.45, 2.75) is 25.7 Å². The molecule has 2 heterocycles. The van der Waals surface area contributed by atoms with Crippen molar-refractivity contribution in [2.75, 3.05) is 5.32 Å². The van der Waals surface area contributed by atoms with Crippen LogP contribution in [0.5, 0.6) is 0 Å². The molecule has 0 unspecified atom stereocenters. The Balaban J connectivity index is 1.90. The molecule has 3 rings (SSSR count). The summed E-state index contributed by atoms with van der Waals surface area (Å²) in [6.07, 6.45) is 5.29. The van der Waals surface area contributed by atoms with Gasteiger partial charge in [0.2, 0.25) is 0 Å². The van der Waals surface area contributed by atoms with E-state index in [9.17, 15) is 14.9 Å². The largest absolute Gasteiger partial charge is 0.365 e. The number of thiophene rings is 2. The van der Waals surface area contributed by atoms with E-state index in [2.05, 4.69) is 21.2 Å². The minimum atomic E-state index is -0.542. The Morgan fingerprint density at radius 1 is 1.36 bits per heavy atom. The van der Waals surface area contributed by atoms with Crippen LogP contribution in [0, 0.1) is 11.3 Å². The summed E-state index contributed by atoms with van der Waals surface area (Å²) in [4.78, 5) is 26.2. The lowest BCUT2D eigenvalue weighted by Crippen LogP contribution is -2.19. The second-order valence-corrected chi connectivity index (χ2v) is 8.53. The number of fused-ring (bicyclic) bond motifs is 1. The first-order chi connectivity index (χ1) is 12.0. The van der Waals surface area contributed by atoms with E-state index >= 15 is 0 Å². The zero-order valence-corrected chi connectivity index (χ0v) is 16.3. The number of nitrogens with one attached hydrogen (secondary N) is 1. The van der Waals surface area contributed by atoms with Gasteiger partial charge in [-0.05, 0) is 59.3 Å². The Labute approximate surface area is 161 Å². The van der Waals surface area contributed by atoms with Crippen LogP contribution in [0.3, 0.4) is 0 Å². The number of hydrogen-bond acceptors (Lipinski definition) is 5. The molecular weight excluding hydrogens is 422 g/mol. The average molecular weight is 436 g/mol. The van der Waals surface area contributed by atoms with Crippen molar-refractivity contribution in [3.05, 3.63) is 42.4 Å². The van der Waals surface area contributed by atoms with Gasteiger partial charge in [-0.1, -0.05) is 0 Å². The van der Waals surface area contributed by atoms with E-state index in [0.717, 1.165) is 45.5 Å².